The van der Waals surface area contributed by atoms with Gasteiger partial charge in [-0.2, -0.15) is 0 Å². The first-order valence-electron chi connectivity index (χ1n) is 21.0. The molecule has 2 aromatic carbocycles. The first-order chi connectivity index (χ1) is 23.6. The van der Waals surface area contributed by atoms with Gasteiger partial charge >= 0.3 is 0 Å². The Kier molecular flexibility index (Phi) is 27.7. The Hall–Kier alpha value is -1.73. The van der Waals surface area contributed by atoms with Crippen LogP contribution in [0.15, 0.2) is 46.4 Å². The van der Waals surface area contributed by atoms with E-state index in [0.29, 0.717) is 0 Å². The van der Waals surface area contributed by atoms with Crippen molar-refractivity contribution in [3.63, 3.8) is 0 Å². The Bertz CT molecular complexity index is 1110. The fourth-order valence-electron chi connectivity index (χ4n) is 6.77. The Morgan fingerprint density at radius 3 is 0.980 bits per heavy atom. The summed E-state index contributed by atoms with van der Waals surface area (Å²) in [6.45, 7) is 13.8. The SMILES string of the molecule is CCCCCCCCC(=N\c1cc(CCCCC)cc(CCCCC)c1)/C(CCCC)=N/c1cc(CCCCC)cc(CCCCC)c1.[Ni]. The molecule has 0 aliphatic heterocycles. The van der Waals surface area contributed by atoms with E-state index in [-0.39, 0.29) is 16.5 Å². The minimum atomic E-state index is 0. The maximum atomic E-state index is 5.57. The van der Waals surface area contributed by atoms with Crippen LogP contribution in [-0.2, 0) is 42.2 Å². The smallest absolute Gasteiger partial charge is 0.0639 e. The molecule has 2 rings (SSSR count). The summed E-state index contributed by atoms with van der Waals surface area (Å²) < 4.78 is 0. The zero-order chi connectivity index (χ0) is 34.7. The van der Waals surface area contributed by atoms with E-state index in [1.54, 1.807) is 0 Å². The molecule has 0 fully saturated rings. The topological polar surface area (TPSA) is 24.7 Å². The fraction of sp³-hybridized carbons (Fsp3) is 0.696. The van der Waals surface area contributed by atoms with Crippen LogP contribution in [0.4, 0.5) is 11.4 Å². The molecule has 0 aliphatic rings. The summed E-state index contributed by atoms with van der Waals surface area (Å²) in [4.78, 5) is 11.1. The maximum absolute atomic E-state index is 5.57. The number of benzene rings is 2. The average Bonchev–Trinajstić information content (AvgIpc) is 3.08. The van der Waals surface area contributed by atoms with Gasteiger partial charge in [0.05, 0.1) is 22.8 Å². The molecule has 0 bridgehead atoms. The molecule has 3 heteroatoms. The van der Waals surface area contributed by atoms with Gasteiger partial charge < -0.3 is 0 Å². The normalized spacial score (nSPS) is 12.0. The third-order valence-electron chi connectivity index (χ3n) is 9.75. The molecule has 0 heterocycles. The fourth-order valence-corrected chi connectivity index (χ4v) is 6.77. The minimum absolute atomic E-state index is 0. The van der Waals surface area contributed by atoms with Crippen molar-refractivity contribution in [2.45, 2.75) is 208 Å². The van der Waals surface area contributed by atoms with E-state index in [1.807, 2.05) is 0 Å². The molecular formula is C46H76N2Ni. The van der Waals surface area contributed by atoms with Gasteiger partial charge in [-0.3, -0.25) is 9.98 Å². The van der Waals surface area contributed by atoms with Gasteiger partial charge in [-0.25, -0.2) is 0 Å². The molecule has 0 atom stereocenters. The first-order valence-corrected chi connectivity index (χ1v) is 21.0. The van der Waals surface area contributed by atoms with Crippen LogP contribution < -0.4 is 0 Å². The van der Waals surface area contributed by atoms with Crippen molar-refractivity contribution in [1.82, 2.24) is 0 Å². The molecule has 2 aromatic rings. The molecule has 0 radical (unpaired) electrons. The van der Waals surface area contributed by atoms with Crippen molar-refractivity contribution in [2.24, 2.45) is 9.98 Å². The second-order valence-corrected chi connectivity index (χ2v) is 14.6. The van der Waals surface area contributed by atoms with Gasteiger partial charge in [0, 0.05) is 16.5 Å². The van der Waals surface area contributed by atoms with Gasteiger partial charge in [-0.1, -0.05) is 144 Å². The molecular weight excluding hydrogens is 639 g/mol. The molecule has 0 saturated heterocycles. The molecule has 0 aromatic heterocycles. The van der Waals surface area contributed by atoms with Crippen LogP contribution in [0.5, 0.6) is 0 Å². The van der Waals surface area contributed by atoms with E-state index in [4.69, 9.17) is 9.98 Å². The predicted molar refractivity (Wildman–Crippen MR) is 218 cm³/mol. The molecule has 280 valence electrons. The number of nitrogens with zero attached hydrogens (tertiary/aromatic N) is 2. The Morgan fingerprint density at radius 1 is 0.347 bits per heavy atom. The monoisotopic (exact) mass is 715 g/mol. The summed E-state index contributed by atoms with van der Waals surface area (Å²) in [5.74, 6) is 0. The molecule has 0 spiro atoms. The van der Waals surface area contributed by atoms with Crippen LogP contribution in [0.3, 0.4) is 0 Å². The Balaban J connectivity index is 0.0000120. The summed E-state index contributed by atoms with van der Waals surface area (Å²) in [5, 5.41) is 0. The number of aryl methyl sites for hydroxylation is 4. The molecule has 0 amide bonds. The number of unbranched alkanes of at least 4 members (excludes halogenated alkanes) is 14. The van der Waals surface area contributed by atoms with Gasteiger partial charge in [0.15, 0.2) is 0 Å². The van der Waals surface area contributed by atoms with E-state index in [9.17, 15) is 0 Å². The van der Waals surface area contributed by atoms with Crippen LogP contribution in [0.1, 0.15) is 205 Å². The largest absolute Gasteiger partial charge is 0.252 e. The van der Waals surface area contributed by atoms with Crippen molar-refractivity contribution in [1.29, 1.82) is 0 Å². The zero-order valence-electron chi connectivity index (χ0n) is 33.1. The minimum Gasteiger partial charge on any atom is -0.252 e. The van der Waals surface area contributed by atoms with Crippen molar-refractivity contribution in [3.05, 3.63) is 58.7 Å². The number of hydrogen-bond acceptors (Lipinski definition) is 2. The van der Waals surface area contributed by atoms with E-state index >= 15 is 0 Å². The molecule has 0 saturated carbocycles. The van der Waals surface area contributed by atoms with Crippen molar-refractivity contribution < 1.29 is 16.5 Å². The van der Waals surface area contributed by atoms with Crippen LogP contribution in [0.25, 0.3) is 0 Å². The summed E-state index contributed by atoms with van der Waals surface area (Å²) >= 11 is 0. The van der Waals surface area contributed by atoms with Gasteiger partial charge in [0.25, 0.3) is 0 Å². The quantitative estimate of drug-likeness (QED) is 0.0455. The molecule has 0 unspecified atom stereocenters. The van der Waals surface area contributed by atoms with Gasteiger partial charge in [0.1, 0.15) is 0 Å². The standard InChI is InChI=1S/C46H76N2.Ni/c1-7-13-19-20-21-26-32-46(48-44-37-41(29-24-16-10-4)34-42(38-44)30-25-17-11-5)45(31-18-12-6)47-43-35-39(27-22-14-8-2)33-40(36-43)28-23-15-9-3;/h33-38H,7-32H2,1-6H3;/b47-45+,48-46+;. The molecule has 2 nitrogen and oxygen atoms in total. The molecule has 0 aliphatic carbocycles. The first kappa shape index (κ1) is 45.3. The summed E-state index contributed by atoms with van der Waals surface area (Å²) in [5.41, 5.74) is 10.7. The van der Waals surface area contributed by atoms with Crippen molar-refractivity contribution in [3.8, 4) is 0 Å². The average molecular weight is 716 g/mol. The van der Waals surface area contributed by atoms with Crippen LogP contribution in [0.2, 0.25) is 0 Å². The van der Waals surface area contributed by atoms with Gasteiger partial charge in [0.2, 0.25) is 0 Å². The van der Waals surface area contributed by atoms with Crippen LogP contribution in [-0.4, -0.2) is 11.4 Å². The number of rotatable bonds is 29. The predicted octanol–water partition coefficient (Wildman–Crippen LogP) is 15.4. The molecule has 0 N–H and O–H groups in total. The van der Waals surface area contributed by atoms with E-state index < -0.39 is 0 Å². The third-order valence-corrected chi connectivity index (χ3v) is 9.75. The van der Waals surface area contributed by atoms with Crippen molar-refractivity contribution in [2.75, 3.05) is 0 Å². The molecule has 49 heavy (non-hydrogen) atoms. The van der Waals surface area contributed by atoms with Crippen molar-refractivity contribution >= 4 is 22.8 Å². The summed E-state index contributed by atoms with van der Waals surface area (Å²) in [6.07, 6.45) is 32.2. The number of hydrogen-bond donors (Lipinski definition) is 0. The second-order valence-electron chi connectivity index (χ2n) is 14.6. The Morgan fingerprint density at radius 2 is 0.633 bits per heavy atom. The second kappa shape index (κ2) is 30.0. The van der Waals surface area contributed by atoms with E-state index in [2.05, 4.69) is 77.9 Å². The van der Waals surface area contributed by atoms with Gasteiger partial charge in [-0.05, 0) is 124 Å². The van der Waals surface area contributed by atoms with Crippen LogP contribution >= 0.6 is 0 Å². The van der Waals surface area contributed by atoms with E-state index in [1.165, 1.54) is 156 Å². The third kappa shape index (κ3) is 20.7. The number of aliphatic imine (C=N–C) groups is 2. The zero-order valence-corrected chi connectivity index (χ0v) is 34.0. The maximum Gasteiger partial charge on any atom is 0.0639 e. The summed E-state index contributed by atoms with van der Waals surface area (Å²) in [6, 6.07) is 14.6. The Labute approximate surface area is 315 Å². The van der Waals surface area contributed by atoms with Crippen LogP contribution in [0, 0.1) is 0 Å². The van der Waals surface area contributed by atoms with Gasteiger partial charge in [-0.15, -0.1) is 0 Å². The summed E-state index contributed by atoms with van der Waals surface area (Å²) in [7, 11) is 0. The van der Waals surface area contributed by atoms with E-state index in [0.717, 1.165) is 56.3 Å².